The van der Waals surface area contributed by atoms with Gasteiger partial charge in [0.15, 0.2) is 0 Å². The van der Waals surface area contributed by atoms with Gasteiger partial charge in [0.2, 0.25) is 0 Å². The summed E-state index contributed by atoms with van der Waals surface area (Å²) >= 11 is 9.49. The summed E-state index contributed by atoms with van der Waals surface area (Å²) < 4.78 is 12.9. The van der Waals surface area contributed by atoms with E-state index in [4.69, 9.17) is 11.6 Å². The Morgan fingerprint density at radius 1 is 1.56 bits per heavy atom. The van der Waals surface area contributed by atoms with Crippen molar-refractivity contribution >= 4 is 33.4 Å². The summed E-state index contributed by atoms with van der Waals surface area (Å²) in [5.74, 6) is -0.00345. The first kappa shape index (κ1) is 13.8. The van der Waals surface area contributed by atoms with Crippen LogP contribution >= 0.6 is 27.5 Å². The highest BCUT2D eigenvalue weighted by atomic mass is 79.9. The second kappa shape index (κ2) is 5.57. The van der Waals surface area contributed by atoms with Gasteiger partial charge < -0.3 is 4.90 Å². The van der Waals surface area contributed by atoms with Crippen LogP contribution in [0.5, 0.6) is 0 Å². The van der Waals surface area contributed by atoms with Gasteiger partial charge in [-0.2, -0.15) is 0 Å². The molecule has 18 heavy (non-hydrogen) atoms. The first-order valence-corrected chi connectivity index (χ1v) is 7.17. The van der Waals surface area contributed by atoms with Gasteiger partial charge >= 0.3 is 0 Å². The summed E-state index contributed by atoms with van der Waals surface area (Å²) in [5.41, 5.74) is 0.368. The largest absolute Gasteiger partial charge is 0.337 e. The fourth-order valence-electron chi connectivity index (χ4n) is 2.04. The molecule has 1 heterocycles. The number of likely N-dealkylation sites (tertiary alicyclic amines) is 1. The van der Waals surface area contributed by atoms with E-state index in [1.165, 1.54) is 18.2 Å². The van der Waals surface area contributed by atoms with Crippen LogP contribution in [-0.4, -0.2) is 28.7 Å². The van der Waals surface area contributed by atoms with Gasteiger partial charge in [0.1, 0.15) is 5.82 Å². The van der Waals surface area contributed by atoms with E-state index in [2.05, 4.69) is 22.9 Å². The van der Waals surface area contributed by atoms with Gasteiger partial charge in [-0.1, -0.05) is 34.5 Å². The molecule has 2 atom stereocenters. The maximum absolute atomic E-state index is 12.9. The molecule has 0 saturated carbocycles. The van der Waals surface area contributed by atoms with E-state index in [1.807, 2.05) is 0 Å². The highest BCUT2D eigenvalue weighted by molar-refractivity contribution is 9.09. The van der Waals surface area contributed by atoms with Gasteiger partial charge in [0.25, 0.3) is 5.91 Å². The first-order chi connectivity index (χ1) is 8.49. The summed E-state index contributed by atoms with van der Waals surface area (Å²) in [7, 11) is 0. The lowest BCUT2D eigenvalue weighted by atomic mass is 9.98. The second-order valence-corrected chi connectivity index (χ2v) is 6.24. The minimum Gasteiger partial charge on any atom is -0.337 e. The molecule has 2 rings (SSSR count). The van der Waals surface area contributed by atoms with E-state index in [9.17, 15) is 9.18 Å². The number of halogens is 3. The molecule has 0 aromatic heterocycles. The maximum atomic E-state index is 12.9. The van der Waals surface area contributed by atoms with Crippen LogP contribution in [0.2, 0.25) is 5.02 Å². The van der Waals surface area contributed by atoms with Gasteiger partial charge in [-0.3, -0.25) is 4.79 Å². The summed E-state index contributed by atoms with van der Waals surface area (Å²) in [5, 5.41) is 0.171. The number of rotatable bonds is 1. The lowest BCUT2D eigenvalue weighted by molar-refractivity contribution is 0.0706. The third kappa shape index (κ3) is 2.86. The smallest absolute Gasteiger partial charge is 0.255 e. The predicted molar refractivity (Wildman–Crippen MR) is 73.8 cm³/mol. The molecule has 2 nitrogen and oxygen atoms in total. The van der Waals surface area contributed by atoms with Crippen molar-refractivity contribution in [2.75, 3.05) is 13.1 Å². The molecule has 1 fully saturated rings. The highest BCUT2D eigenvalue weighted by Gasteiger charge is 2.28. The van der Waals surface area contributed by atoms with Crippen molar-refractivity contribution in [3.05, 3.63) is 34.6 Å². The SMILES string of the molecule is CC1CCN(C(=O)c2ccc(F)cc2Cl)CC1Br. The predicted octanol–water partition coefficient (Wildman–Crippen LogP) is 3.72. The normalized spacial score (nSPS) is 24.1. The number of carbonyl (C=O) groups is 1. The molecule has 0 N–H and O–H groups in total. The molecule has 0 radical (unpaired) electrons. The zero-order valence-electron chi connectivity index (χ0n) is 10.00. The number of piperidine rings is 1. The number of amides is 1. The first-order valence-electron chi connectivity index (χ1n) is 5.87. The topological polar surface area (TPSA) is 20.3 Å². The van der Waals surface area contributed by atoms with Crippen molar-refractivity contribution in [3.63, 3.8) is 0 Å². The molecular formula is C13H14BrClFNO. The molecule has 1 saturated heterocycles. The zero-order valence-corrected chi connectivity index (χ0v) is 12.3. The van der Waals surface area contributed by atoms with Gasteiger partial charge in [0.05, 0.1) is 10.6 Å². The standard InChI is InChI=1S/C13H14BrClFNO/c1-8-4-5-17(7-11(8)14)13(18)10-3-2-9(16)6-12(10)15/h2-3,6,8,11H,4-5,7H2,1H3. The molecule has 1 aliphatic rings. The number of nitrogens with zero attached hydrogens (tertiary/aromatic N) is 1. The average molecular weight is 335 g/mol. The Labute approximate surface area is 119 Å². The van der Waals surface area contributed by atoms with E-state index in [0.717, 1.165) is 13.0 Å². The van der Waals surface area contributed by atoms with Crippen LogP contribution in [0.3, 0.4) is 0 Å². The Balaban J connectivity index is 2.16. The van der Waals surface area contributed by atoms with Crippen molar-refractivity contribution < 1.29 is 9.18 Å². The molecule has 1 aromatic carbocycles. The lowest BCUT2D eigenvalue weighted by Crippen LogP contribution is -2.43. The molecule has 1 aliphatic heterocycles. The Kier molecular flexibility index (Phi) is 4.28. The number of hydrogen-bond donors (Lipinski definition) is 0. The minimum absolute atomic E-state index is 0.128. The van der Waals surface area contributed by atoms with Crippen molar-refractivity contribution in [2.24, 2.45) is 5.92 Å². The van der Waals surface area contributed by atoms with E-state index >= 15 is 0 Å². The van der Waals surface area contributed by atoms with Crippen molar-refractivity contribution in [2.45, 2.75) is 18.2 Å². The van der Waals surface area contributed by atoms with Crippen molar-refractivity contribution in [1.82, 2.24) is 4.90 Å². The quantitative estimate of drug-likeness (QED) is 0.717. The zero-order chi connectivity index (χ0) is 13.3. The third-order valence-electron chi connectivity index (χ3n) is 3.32. The fraction of sp³-hybridized carbons (Fsp3) is 0.462. The monoisotopic (exact) mass is 333 g/mol. The molecule has 0 aliphatic carbocycles. The summed E-state index contributed by atoms with van der Waals surface area (Å²) in [6, 6.07) is 3.88. The summed E-state index contributed by atoms with van der Waals surface area (Å²) in [4.78, 5) is 14.3. The third-order valence-corrected chi connectivity index (χ3v) is 4.82. The van der Waals surface area contributed by atoms with Crippen LogP contribution in [0.4, 0.5) is 4.39 Å². The molecule has 98 valence electrons. The number of benzene rings is 1. The van der Waals surface area contributed by atoms with Crippen molar-refractivity contribution in [3.8, 4) is 0 Å². The van der Waals surface area contributed by atoms with Crippen LogP contribution in [0, 0.1) is 11.7 Å². The molecule has 0 bridgehead atoms. The van der Waals surface area contributed by atoms with E-state index < -0.39 is 5.82 Å². The molecule has 2 unspecified atom stereocenters. The Hall–Kier alpha value is -0.610. The summed E-state index contributed by atoms with van der Waals surface area (Å²) in [6.07, 6.45) is 0.959. The van der Waals surface area contributed by atoms with Crippen LogP contribution in [0.15, 0.2) is 18.2 Å². The Bertz CT molecular complexity index is 468. The van der Waals surface area contributed by atoms with Gasteiger partial charge in [-0.15, -0.1) is 0 Å². The maximum Gasteiger partial charge on any atom is 0.255 e. The lowest BCUT2D eigenvalue weighted by Gasteiger charge is -2.34. The van der Waals surface area contributed by atoms with Crippen LogP contribution in [0.25, 0.3) is 0 Å². The molecule has 5 heteroatoms. The highest BCUT2D eigenvalue weighted by Crippen LogP contribution is 2.26. The van der Waals surface area contributed by atoms with E-state index in [1.54, 1.807) is 4.90 Å². The number of alkyl halides is 1. The molecule has 1 amide bonds. The van der Waals surface area contributed by atoms with Crippen LogP contribution in [-0.2, 0) is 0 Å². The van der Waals surface area contributed by atoms with E-state index in [-0.39, 0.29) is 10.9 Å². The number of hydrogen-bond acceptors (Lipinski definition) is 1. The second-order valence-electron chi connectivity index (χ2n) is 4.66. The molecule has 1 aromatic rings. The Morgan fingerprint density at radius 3 is 2.89 bits per heavy atom. The van der Waals surface area contributed by atoms with Gasteiger partial charge in [-0.25, -0.2) is 4.39 Å². The van der Waals surface area contributed by atoms with E-state index in [0.29, 0.717) is 22.9 Å². The van der Waals surface area contributed by atoms with Crippen molar-refractivity contribution in [1.29, 1.82) is 0 Å². The average Bonchev–Trinajstić information content (AvgIpc) is 2.32. The van der Waals surface area contributed by atoms with Gasteiger partial charge in [0, 0.05) is 17.9 Å². The summed E-state index contributed by atoms with van der Waals surface area (Å²) in [6.45, 7) is 3.54. The minimum atomic E-state index is -0.429. The Morgan fingerprint density at radius 2 is 2.28 bits per heavy atom. The number of carbonyl (C=O) groups excluding carboxylic acids is 1. The van der Waals surface area contributed by atoms with Gasteiger partial charge in [-0.05, 0) is 30.5 Å². The molecule has 0 spiro atoms. The fourth-order valence-corrected chi connectivity index (χ4v) is 2.90. The molecular weight excluding hydrogens is 321 g/mol. The van der Waals surface area contributed by atoms with Crippen LogP contribution < -0.4 is 0 Å². The van der Waals surface area contributed by atoms with Crippen LogP contribution in [0.1, 0.15) is 23.7 Å².